The lowest BCUT2D eigenvalue weighted by molar-refractivity contribution is 0.142. The molecule has 0 amide bonds. The maximum atomic E-state index is 13.3. The molecular formula is C19H22FNO3S. The summed E-state index contributed by atoms with van der Waals surface area (Å²) < 4.78 is 45.0. The van der Waals surface area contributed by atoms with E-state index < -0.39 is 20.5 Å². The molecule has 2 aromatic carbocycles. The molecule has 1 saturated carbocycles. The number of benzene rings is 2. The van der Waals surface area contributed by atoms with Gasteiger partial charge >= 0.3 is 0 Å². The maximum absolute atomic E-state index is 13.3. The van der Waals surface area contributed by atoms with Crippen LogP contribution in [0.4, 0.5) is 4.39 Å². The molecule has 3 atom stereocenters. The summed E-state index contributed by atoms with van der Waals surface area (Å²) in [6.45, 7) is 2.32. The zero-order chi connectivity index (χ0) is 18.2. The van der Waals surface area contributed by atoms with E-state index in [1.165, 1.54) is 19.2 Å². The molecule has 2 N–H and O–H groups in total. The first-order valence-corrected chi connectivity index (χ1v) is 9.66. The SMILES string of the molecule is COC[C@]1(CN)[C@H](c2ccc(F)cc2)[C@H]1S(=O)(=O)c1ccc(C)cc1. The first-order valence-electron chi connectivity index (χ1n) is 8.12. The van der Waals surface area contributed by atoms with Gasteiger partial charge in [-0.3, -0.25) is 0 Å². The van der Waals surface area contributed by atoms with Gasteiger partial charge in [-0.2, -0.15) is 0 Å². The quantitative estimate of drug-likeness (QED) is 0.857. The Morgan fingerprint density at radius 2 is 1.72 bits per heavy atom. The third-order valence-electron chi connectivity index (χ3n) is 5.09. The fourth-order valence-electron chi connectivity index (χ4n) is 3.74. The number of sulfone groups is 1. The number of nitrogens with two attached hydrogens (primary N) is 1. The Hall–Kier alpha value is -1.76. The van der Waals surface area contributed by atoms with Crippen molar-refractivity contribution in [2.75, 3.05) is 20.3 Å². The van der Waals surface area contributed by atoms with Crippen molar-refractivity contribution in [3.05, 3.63) is 65.5 Å². The van der Waals surface area contributed by atoms with E-state index in [9.17, 15) is 12.8 Å². The van der Waals surface area contributed by atoms with Crippen molar-refractivity contribution in [3.8, 4) is 0 Å². The predicted molar refractivity (Wildman–Crippen MR) is 94.7 cm³/mol. The van der Waals surface area contributed by atoms with E-state index in [4.69, 9.17) is 10.5 Å². The predicted octanol–water partition coefficient (Wildman–Crippen LogP) is 2.67. The van der Waals surface area contributed by atoms with Crippen LogP contribution in [0.15, 0.2) is 53.4 Å². The molecule has 0 bridgehead atoms. The molecule has 3 rings (SSSR count). The zero-order valence-electron chi connectivity index (χ0n) is 14.3. The third-order valence-corrected chi connectivity index (χ3v) is 7.43. The van der Waals surface area contributed by atoms with Gasteiger partial charge in [-0.1, -0.05) is 29.8 Å². The van der Waals surface area contributed by atoms with Gasteiger partial charge < -0.3 is 10.5 Å². The average molecular weight is 363 g/mol. The van der Waals surface area contributed by atoms with Crippen molar-refractivity contribution in [1.29, 1.82) is 0 Å². The van der Waals surface area contributed by atoms with Crippen molar-refractivity contribution >= 4 is 9.84 Å². The number of rotatable bonds is 6. The van der Waals surface area contributed by atoms with Crippen molar-refractivity contribution in [2.24, 2.45) is 11.1 Å². The molecule has 1 aliphatic carbocycles. The van der Waals surface area contributed by atoms with Gasteiger partial charge in [-0.25, -0.2) is 12.8 Å². The number of aryl methyl sites for hydroxylation is 1. The standard InChI is InChI=1S/C19H22FNO3S/c1-13-3-9-16(10-4-13)25(22,23)18-17(19(18,11-21)12-24-2)14-5-7-15(20)8-6-14/h3-10,17-18H,11-12,21H2,1-2H3/t17-,18-,19-/m1/s1. The summed E-state index contributed by atoms with van der Waals surface area (Å²) in [5.41, 5.74) is 7.05. The molecule has 0 aliphatic heterocycles. The summed E-state index contributed by atoms with van der Waals surface area (Å²) in [5, 5.41) is -0.682. The fraction of sp³-hybridized carbons (Fsp3) is 0.368. The molecular weight excluding hydrogens is 341 g/mol. The summed E-state index contributed by atoms with van der Waals surface area (Å²) >= 11 is 0. The number of hydrogen-bond acceptors (Lipinski definition) is 4. The molecule has 134 valence electrons. The summed E-state index contributed by atoms with van der Waals surface area (Å²) in [6, 6.07) is 12.8. The third kappa shape index (κ3) is 2.99. The molecule has 0 aromatic heterocycles. The van der Waals surface area contributed by atoms with Crippen molar-refractivity contribution in [3.63, 3.8) is 0 Å². The minimum Gasteiger partial charge on any atom is -0.384 e. The topological polar surface area (TPSA) is 69.4 Å². The second-order valence-electron chi connectivity index (χ2n) is 6.68. The van der Waals surface area contributed by atoms with Gasteiger partial charge in [0.2, 0.25) is 0 Å². The monoisotopic (exact) mass is 363 g/mol. The molecule has 0 spiro atoms. The van der Waals surface area contributed by atoms with Crippen LogP contribution in [0.5, 0.6) is 0 Å². The van der Waals surface area contributed by atoms with E-state index in [0.29, 0.717) is 0 Å². The van der Waals surface area contributed by atoms with E-state index in [-0.39, 0.29) is 29.8 Å². The maximum Gasteiger partial charge on any atom is 0.182 e. The molecule has 0 radical (unpaired) electrons. The molecule has 0 saturated heterocycles. The van der Waals surface area contributed by atoms with Crippen LogP contribution in [0.3, 0.4) is 0 Å². The highest BCUT2D eigenvalue weighted by atomic mass is 32.2. The van der Waals surface area contributed by atoms with Crippen LogP contribution >= 0.6 is 0 Å². The minimum absolute atomic E-state index is 0.179. The Bertz CT molecular complexity index is 849. The lowest BCUT2D eigenvalue weighted by Crippen LogP contribution is -2.28. The van der Waals surface area contributed by atoms with Gasteiger partial charge in [0.1, 0.15) is 5.82 Å². The number of hydrogen-bond donors (Lipinski definition) is 1. The number of methoxy groups -OCH3 is 1. The normalized spacial score (nSPS) is 25.8. The molecule has 0 heterocycles. The average Bonchev–Trinajstić information content (AvgIpc) is 3.26. The van der Waals surface area contributed by atoms with Crippen LogP contribution in [0.2, 0.25) is 0 Å². The van der Waals surface area contributed by atoms with E-state index in [0.717, 1.165) is 11.1 Å². The summed E-state index contributed by atoms with van der Waals surface area (Å²) in [5.74, 6) is -0.670. The van der Waals surface area contributed by atoms with E-state index >= 15 is 0 Å². The fourth-order valence-corrected chi connectivity index (χ4v) is 6.18. The number of halogens is 1. The van der Waals surface area contributed by atoms with Crippen LogP contribution in [-0.2, 0) is 14.6 Å². The lowest BCUT2D eigenvalue weighted by Gasteiger charge is -2.15. The molecule has 0 unspecified atom stereocenters. The second-order valence-corrected chi connectivity index (χ2v) is 8.75. The van der Waals surface area contributed by atoms with Crippen LogP contribution in [-0.4, -0.2) is 33.9 Å². The van der Waals surface area contributed by atoms with E-state index in [1.807, 2.05) is 6.92 Å². The van der Waals surface area contributed by atoms with Crippen molar-refractivity contribution in [1.82, 2.24) is 0 Å². The van der Waals surface area contributed by atoms with Gasteiger partial charge in [-0.05, 0) is 36.8 Å². The summed E-state index contributed by atoms with van der Waals surface area (Å²) in [6.07, 6.45) is 0. The molecule has 1 fully saturated rings. The Labute approximate surface area is 147 Å². The van der Waals surface area contributed by atoms with E-state index in [1.54, 1.807) is 36.4 Å². The Kier molecular flexibility index (Phi) is 4.70. The molecule has 4 nitrogen and oxygen atoms in total. The highest BCUT2D eigenvalue weighted by Gasteiger charge is 2.70. The lowest BCUT2D eigenvalue weighted by atomic mass is 10.00. The minimum atomic E-state index is -3.59. The van der Waals surface area contributed by atoms with Gasteiger partial charge in [0, 0.05) is 25.0 Å². The van der Waals surface area contributed by atoms with Gasteiger partial charge in [0.15, 0.2) is 9.84 Å². The Morgan fingerprint density at radius 3 is 2.24 bits per heavy atom. The zero-order valence-corrected chi connectivity index (χ0v) is 15.1. The first kappa shape index (κ1) is 18.0. The first-order chi connectivity index (χ1) is 11.9. The van der Waals surface area contributed by atoms with Crippen molar-refractivity contribution < 1.29 is 17.5 Å². The molecule has 6 heteroatoms. The Morgan fingerprint density at radius 1 is 1.12 bits per heavy atom. The second kappa shape index (κ2) is 6.52. The number of ether oxygens (including phenoxy) is 1. The van der Waals surface area contributed by atoms with Crippen molar-refractivity contribution in [2.45, 2.75) is 23.0 Å². The largest absolute Gasteiger partial charge is 0.384 e. The van der Waals surface area contributed by atoms with Gasteiger partial charge in [0.25, 0.3) is 0 Å². The smallest absolute Gasteiger partial charge is 0.182 e. The highest BCUT2D eigenvalue weighted by molar-refractivity contribution is 7.92. The molecule has 1 aliphatic rings. The molecule has 2 aromatic rings. The molecule has 25 heavy (non-hydrogen) atoms. The van der Waals surface area contributed by atoms with Crippen LogP contribution in [0.1, 0.15) is 17.0 Å². The summed E-state index contributed by atoms with van der Waals surface area (Å²) in [7, 11) is -2.05. The van der Waals surface area contributed by atoms with Crippen LogP contribution in [0, 0.1) is 18.2 Å². The van der Waals surface area contributed by atoms with Crippen LogP contribution in [0.25, 0.3) is 0 Å². The van der Waals surface area contributed by atoms with Crippen LogP contribution < -0.4 is 5.73 Å². The highest BCUT2D eigenvalue weighted by Crippen LogP contribution is 2.63. The van der Waals surface area contributed by atoms with Gasteiger partial charge in [-0.15, -0.1) is 0 Å². The Balaban J connectivity index is 2.05. The summed E-state index contributed by atoms with van der Waals surface area (Å²) in [4.78, 5) is 0.279. The van der Waals surface area contributed by atoms with E-state index in [2.05, 4.69) is 0 Å². The van der Waals surface area contributed by atoms with Gasteiger partial charge in [0.05, 0.1) is 16.8 Å².